The Bertz CT molecular complexity index is 445. The Morgan fingerprint density at radius 2 is 2.00 bits per heavy atom. The summed E-state index contributed by atoms with van der Waals surface area (Å²) in [6, 6.07) is 0. The first-order valence-electron chi connectivity index (χ1n) is 8.76. The van der Waals surface area contributed by atoms with Gasteiger partial charge in [0.2, 0.25) is 5.89 Å². The zero-order chi connectivity index (χ0) is 15.2. The molecule has 1 aromatic heterocycles. The summed E-state index contributed by atoms with van der Waals surface area (Å²) in [7, 11) is 0. The molecule has 1 atom stereocenters. The van der Waals surface area contributed by atoms with Crippen LogP contribution in [0.15, 0.2) is 4.52 Å². The van der Waals surface area contributed by atoms with Crippen LogP contribution in [0, 0.1) is 0 Å². The maximum atomic E-state index is 6.04. The highest BCUT2D eigenvalue weighted by molar-refractivity contribution is 5.28. The number of likely N-dealkylation sites (tertiary alicyclic amines) is 1. The second kappa shape index (κ2) is 7.92. The van der Waals surface area contributed by atoms with Gasteiger partial charge in [0.05, 0.1) is 6.10 Å². The van der Waals surface area contributed by atoms with Crippen LogP contribution >= 0.6 is 0 Å². The van der Waals surface area contributed by atoms with Gasteiger partial charge in [-0.25, -0.2) is 0 Å². The Balaban J connectivity index is 1.58. The minimum atomic E-state index is 0.244. The van der Waals surface area contributed by atoms with Gasteiger partial charge in [-0.1, -0.05) is 13.3 Å². The minimum absolute atomic E-state index is 0.244. The molecule has 22 heavy (non-hydrogen) atoms. The highest BCUT2D eigenvalue weighted by Crippen LogP contribution is 2.17. The van der Waals surface area contributed by atoms with E-state index >= 15 is 0 Å². The van der Waals surface area contributed by atoms with Gasteiger partial charge in [-0.3, -0.25) is 0 Å². The van der Waals surface area contributed by atoms with Crippen LogP contribution in [-0.4, -0.2) is 60.5 Å². The van der Waals surface area contributed by atoms with Gasteiger partial charge in [0.1, 0.15) is 0 Å². The number of aromatic nitrogens is 2. The van der Waals surface area contributed by atoms with Gasteiger partial charge in [0.25, 0.3) is 5.95 Å². The molecule has 2 saturated heterocycles. The minimum Gasteiger partial charge on any atom is -0.375 e. The van der Waals surface area contributed by atoms with Crippen molar-refractivity contribution in [3.63, 3.8) is 0 Å². The lowest BCUT2D eigenvalue weighted by Gasteiger charge is -2.31. The Morgan fingerprint density at radius 1 is 1.14 bits per heavy atom. The number of ether oxygens (including phenoxy) is 1. The average Bonchev–Trinajstić information content (AvgIpc) is 2.88. The first-order valence-corrected chi connectivity index (χ1v) is 8.76. The molecule has 2 aliphatic rings. The van der Waals surface area contributed by atoms with E-state index in [1.807, 2.05) is 0 Å². The summed E-state index contributed by atoms with van der Waals surface area (Å²) in [5.41, 5.74) is 0. The molecule has 1 aromatic rings. The molecule has 0 N–H and O–H groups in total. The maximum Gasteiger partial charge on any atom is 0.266 e. The van der Waals surface area contributed by atoms with Gasteiger partial charge in [-0.2, -0.15) is 4.98 Å². The summed E-state index contributed by atoms with van der Waals surface area (Å²) in [5.74, 6) is 1.48. The molecule has 0 unspecified atom stereocenters. The molecule has 2 aliphatic heterocycles. The number of piperidine rings is 1. The van der Waals surface area contributed by atoms with E-state index in [1.54, 1.807) is 0 Å². The standard InChI is InChI=1S/C16H28N4O2/c1-2-7-15-17-16(18-22-15)20-10-6-11-21-14(13-20)12-19-8-4-3-5-9-19/h14H,2-13H2,1H3/t14-/m0/s1. The lowest BCUT2D eigenvalue weighted by Crippen LogP contribution is -2.42. The van der Waals surface area contributed by atoms with Gasteiger partial charge >= 0.3 is 0 Å². The Kier molecular flexibility index (Phi) is 5.67. The largest absolute Gasteiger partial charge is 0.375 e. The number of aryl methyl sites for hydroxylation is 1. The third kappa shape index (κ3) is 4.20. The summed E-state index contributed by atoms with van der Waals surface area (Å²) >= 11 is 0. The summed E-state index contributed by atoms with van der Waals surface area (Å²) in [5, 5.41) is 4.15. The highest BCUT2D eigenvalue weighted by atomic mass is 16.5. The number of hydrogen-bond acceptors (Lipinski definition) is 6. The molecule has 0 spiro atoms. The summed E-state index contributed by atoms with van der Waals surface area (Å²) in [6.07, 6.45) is 7.17. The molecule has 0 radical (unpaired) electrons. The van der Waals surface area contributed by atoms with Crippen LogP contribution in [0.2, 0.25) is 0 Å². The fourth-order valence-electron chi connectivity index (χ4n) is 3.31. The topological polar surface area (TPSA) is 54.6 Å². The van der Waals surface area contributed by atoms with Crippen molar-refractivity contribution >= 4 is 5.95 Å². The van der Waals surface area contributed by atoms with Crippen LogP contribution in [-0.2, 0) is 11.2 Å². The first-order chi connectivity index (χ1) is 10.8. The molecule has 0 bridgehead atoms. The zero-order valence-corrected chi connectivity index (χ0v) is 13.7. The van der Waals surface area contributed by atoms with Crippen LogP contribution in [0.25, 0.3) is 0 Å². The van der Waals surface area contributed by atoms with E-state index in [0.717, 1.165) is 57.3 Å². The van der Waals surface area contributed by atoms with Gasteiger partial charge in [-0.05, 0) is 43.9 Å². The summed E-state index contributed by atoms with van der Waals surface area (Å²) in [4.78, 5) is 9.29. The SMILES string of the molecule is CCCc1nc(N2CCCO[C@@H](CN3CCCCC3)C2)no1. The van der Waals surface area contributed by atoms with Crippen molar-refractivity contribution in [3.8, 4) is 0 Å². The molecule has 0 aliphatic carbocycles. The van der Waals surface area contributed by atoms with Crippen LogP contribution in [0.5, 0.6) is 0 Å². The second-order valence-electron chi connectivity index (χ2n) is 6.39. The lowest BCUT2D eigenvalue weighted by atomic mass is 10.1. The molecule has 0 saturated carbocycles. The van der Waals surface area contributed by atoms with Crippen LogP contribution in [0.3, 0.4) is 0 Å². The van der Waals surface area contributed by atoms with Crippen molar-refractivity contribution in [2.45, 2.75) is 51.6 Å². The molecule has 3 heterocycles. The smallest absolute Gasteiger partial charge is 0.266 e. The fourth-order valence-corrected chi connectivity index (χ4v) is 3.31. The van der Waals surface area contributed by atoms with E-state index in [0.29, 0.717) is 0 Å². The van der Waals surface area contributed by atoms with Crippen LogP contribution < -0.4 is 4.90 Å². The van der Waals surface area contributed by atoms with Gasteiger partial charge in [0.15, 0.2) is 0 Å². The van der Waals surface area contributed by atoms with E-state index in [1.165, 1.54) is 32.4 Å². The average molecular weight is 308 g/mol. The van der Waals surface area contributed by atoms with E-state index in [2.05, 4.69) is 26.9 Å². The second-order valence-corrected chi connectivity index (χ2v) is 6.39. The van der Waals surface area contributed by atoms with Gasteiger partial charge < -0.3 is 19.1 Å². The monoisotopic (exact) mass is 308 g/mol. The summed E-state index contributed by atoms with van der Waals surface area (Å²) < 4.78 is 11.4. The van der Waals surface area contributed by atoms with Crippen LogP contribution in [0.4, 0.5) is 5.95 Å². The van der Waals surface area contributed by atoms with E-state index in [4.69, 9.17) is 9.26 Å². The Morgan fingerprint density at radius 3 is 2.82 bits per heavy atom. The van der Waals surface area contributed by atoms with E-state index in [9.17, 15) is 0 Å². The van der Waals surface area contributed by atoms with Crippen molar-refractivity contribution in [1.82, 2.24) is 15.0 Å². The van der Waals surface area contributed by atoms with E-state index in [-0.39, 0.29) is 6.10 Å². The number of nitrogens with zero attached hydrogens (tertiary/aromatic N) is 4. The first kappa shape index (κ1) is 15.7. The van der Waals surface area contributed by atoms with Gasteiger partial charge in [-0.15, -0.1) is 0 Å². The fraction of sp³-hybridized carbons (Fsp3) is 0.875. The molecule has 0 aromatic carbocycles. The normalized spacial score (nSPS) is 24.4. The molecular formula is C16H28N4O2. The Hall–Kier alpha value is -1.14. The number of hydrogen-bond donors (Lipinski definition) is 0. The Labute approximate surface area is 132 Å². The molecule has 124 valence electrons. The molecule has 2 fully saturated rings. The molecule has 6 nitrogen and oxygen atoms in total. The predicted molar refractivity (Wildman–Crippen MR) is 85.2 cm³/mol. The third-order valence-electron chi connectivity index (χ3n) is 4.46. The molecular weight excluding hydrogens is 280 g/mol. The van der Waals surface area contributed by atoms with Crippen molar-refractivity contribution in [1.29, 1.82) is 0 Å². The van der Waals surface area contributed by atoms with E-state index < -0.39 is 0 Å². The van der Waals surface area contributed by atoms with Crippen molar-refractivity contribution < 1.29 is 9.26 Å². The highest BCUT2D eigenvalue weighted by Gasteiger charge is 2.24. The van der Waals surface area contributed by atoms with Crippen molar-refractivity contribution in [3.05, 3.63) is 5.89 Å². The zero-order valence-electron chi connectivity index (χ0n) is 13.7. The van der Waals surface area contributed by atoms with Gasteiger partial charge in [0, 0.05) is 32.7 Å². The number of anilines is 1. The summed E-state index contributed by atoms with van der Waals surface area (Å²) in [6.45, 7) is 8.21. The van der Waals surface area contributed by atoms with Crippen LogP contribution in [0.1, 0.15) is 44.9 Å². The lowest BCUT2D eigenvalue weighted by molar-refractivity contribution is 0.0349. The molecule has 3 rings (SSSR count). The quantitative estimate of drug-likeness (QED) is 0.830. The molecule has 0 amide bonds. The maximum absolute atomic E-state index is 6.04. The van der Waals surface area contributed by atoms with Crippen molar-refractivity contribution in [2.24, 2.45) is 0 Å². The van der Waals surface area contributed by atoms with Crippen molar-refractivity contribution in [2.75, 3.05) is 44.2 Å². The number of rotatable bonds is 5. The molecule has 6 heteroatoms. The third-order valence-corrected chi connectivity index (χ3v) is 4.46. The predicted octanol–water partition coefficient (Wildman–Crippen LogP) is 2.10.